The van der Waals surface area contributed by atoms with Crippen LogP contribution in [0.25, 0.3) is 21.9 Å². The van der Waals surface area contributed by atoms with Gasteiger partial charge in [0, 0.05) is 11.3 Å². The predicted molar refractivity (Wildman–Crippen MR) is 96.4 cm³/mol. The fourth-order valence-corrected chi connectivity index (χ4v) is 3.61. The molecule has 0 aliphatic carbocycles. The molecule has 23 heavy (non-hydrogen) atoms. The number of benzene rings is 3. The summed E-state index contributed by atoms with van der Waals surface area (Å²) in [6, 6.07) is 19.0. The second-order valence-electron chi connectivity index (χ2n) is 6.32. The molecule has 0 radical (unpaired) electrons. The van der Waals surface area contributed by atoms with Crippen molar-refractivity contribution in [2.45, 2.75) is 26.3 Å². The maximum atomic E-state index is 10.3. The SMILES string of the molecule is CC1=N[C@H](C)Cc2c(-c3ccc4ccccc4c3)ccc(O)c21. The zero-order valence-electron chi connectivity index (χ0n) is 13.4. The van der Waals surface area contributed by atoms with Gasteiger partial charge in [0.15, 0.2) is 0 Å². The molecule has 1 N–H and O–H groups in total. The first-order valence-corrected chi connectivity index (χ1v) is 8.02. The molecule has 0 bridgehead atoms. The molecule has 1 aliphatic heterocycles. The zero-order chi connectivity index (χ0) is 16.0. The van der Waals surface area contributed by atoms with Crippen LogP contribution in [0.4, 0.5) is 0 Å². The third-order valence-electron chi connectivity index (χ3n) is 4.63. The van der Waals surface area contributed by atoms with Gasteiger partial charge in [-0.25, -0.2) is 0 Å². The van der Waals surface area contributed by atoms with E-state index in [9.17, 15) is 5.11 Å². The van der Waals surface area contributed by atoms with Gasteiger partial charge in [0.25, 0.3) is 0 Å². The molecule has 1 atom stereocenters. The van der Waals surface area contributed by atoms with Gasteiger partial charge < -0.3 is 5.11 Å². The van der Waals surface area contributed by atoms with Crippen LogP contribution in [-0.4, -0.2) is 16.9 Å². The average Bonchev–Trinajstić information content (AvgIpc) is 2.54. The van der Waals surface area contributed by atoms with Gasteiger partial charge in [-0.15, -0.1) is 0 Å². The first-order valence-electron chi connectivity index (χ1n) is 8.02. The highest BCUT2D eigenvalue weighted by Gasteiger charge is 2.22. The van der Waals surface area contributed by atoms with Crippen molar-refractivity contribution in [3.05, 3.63) is 65.7 Å². The van der Waals surface area contributed by atoms with Crippen molar-refractivity contribution in [1.82, 2.24) is 0 Å². The van der Waals surface area contributed by atoms with Gasteiger partial charge in [-0.05, 0) is 59.9 Å². The molecule has 3 aromatic carbocycles. The molecule has 0 spiro atoms. The molecule has 114 valence electrons. The van der Waals surface area contributed by atoms with Crippen molar-refractivity contribution in [3.63, 3.8) is 0 Å². The number of nitrogens with zero attached hydrogens (tertiary/aromatic N) is 1. The van der Waals surface area contributed by atoms with Crippen LogP contribution >= 0.6 is 0 Å². The summed E-state index contributed by atoms with van der Waals surface area (Å²) in [5.41, 5.74) is 5.44. The molecule has 0 unspecified atom stereocenters. The maximum Gasteiger partial charge on any atom is 0.124 e. The van der Waals surface area contributed by atoms with Crippen LogP contribution in [0.1, 0.15) is 25.0 Å². The highest BCUT2D eigenvalue weighted by molar-refractivity contribution is 6.05. The third-order valence-corrected chi connectivity index (χ3v) is 4.63. The highest BCUT2D eigenvalue weighted by atomic mass is 16.3. The van der Waals surface area contributed by atoms with E-state index in [2.05, 4.69) is 54.4 Å². The van der Waals surface area contributed by atoms with Crippen molar-refractivity contribution < 1.29 is 5.11 Å². The Morgan fingerprint density at radius 1 is 1.00 bits per heavy atom. The van der Waals surface area contributed by atoms with Crippen LogP contribution in [0, 0.1) is 0 Å². The van der Waals surface area contributed by atoms with Gasteiger partial charge in [-0.2, -0.15) is 0 Å². The van der Waals surface area contributed by atoms with Crippen LogP contribution in [0.5, 0.6) is 5.75 Å². The van der Waals surface area contributed by atoms with E-state index in [1.165, 1.54) is 27.5 Å². The second-order valence-corrected chi connectivity index (χ2v) is 6.32. The molecule has 0 fully saturated rings. The lowest BCUT2D eigenvalue weighted by Gasteiger charge is -2.23. The normalized spacial score (nSPS) is 17.0. The fraction of sp³-hybridized carbons (Fsp3) is 0.190. The molecular formula is C21H19NO. The Morgan fingerprint density at radius 2 is 1.78 bits per heavy atom. The van der Waals surface area contributed by atoms with E-state index in [0.717, 1.165) is 17.7 Å². The van der Waals surface area contributed by atoms with Crippen molar-refractivity contribution in [1.29, 1.82) is 0 Å². The molecule has 2 nitrogen and oxygen atoms in total. The number of phenols is 1. The van der Waals surface area contributed by atoms with Crippen molar-refractivity contribution in [3.8, 4) is 16.9 Å². The fourth-order valence-electron chi connectivity index (χ4n) is 3.61. The van der Waals surface area contributed by atoms with E-state index in [4.69, 9.17) is 0 Å². The lowest BCUT2D eigenvalue weighted by molar-refractivity contribution is 0.472. The first kappa shape index (κ1) is 14.0. The quantitative estimate of drug-likeness (QED) is 0.676. The van der Waals surface area contributed by atoms with Crippen molar-refractivity contribution >= 4 is 16.5 Å². The van der Waals surface area contributed by atoms with E-state index in [1.54, 1.807) is 6.07 Å². The second kappa shape index (κ2) is 5.24. The van der Waals surface area contributed by atoms with Crippen LogP contribution < -0.4 is 0 Å². The summed E-state index contributed by atoms with van der Waals surface area (Å²) in [6.07, 6.45) is 0.864. The molecule has 1 heterocycles. The minimum absolute atomic E-state index is 0.253. The Kier molecular flexibility index (Phi) is 3.19. The summed E-state index contributed by atoms with van der Waals surface area (Å²) in [4.78, 5) is 4.63. The maximum absolute atomic E-state index is 10.3. The van der Waals surface area contributed by atoms with Crippen LogP contribution in [0.2, 0.25) is 0 Å². The van der Waals surface area contributed by atoms with Gasteiger partial charge in [-0.1, -0.05) is 42.5 Å². The van der Waals surface area contributed by atoms with Gasteiger partial charge in [0.1, 0.15) is 5.75 Å². The standard InChI is InChI=1S/C21H19NO/c1-13-11-19-18(9-10-20(23)21(19)14(2)22-13)17-8-7-15-5-3-4-6-16(15)12-17/h3-10,12-13,23H,11H2,1-2H3/t13-/m1/s1. The van der Waals surface area contributed by atoms with Crippen molar-refractivity contribution in [2.24, 2.45) is 4.99 Å². The molecule has 4 rings (SSSR count). The van der Waals surface area contributed by atoms with Gasteiger partial charge in [0.2, 0.25) is 0 Å². The van der Waals surface area contributed by atoms with Crippen LogP contribution in [-0.2, 0) is 6.42 Å². The number of hydrogen-bond acceptors (Lipinski definition) is 2. The average molecular weight is 301 g/mol. The molecule has 1 aliphatic rings. The Balaban J connectivity index is 1.95. The zero-order valence-corrected chi connectivity index (χ0v) is 13.4. The number of aliphatic imine (C=N–C) groups is 1. The molecule has 0 saturated carbocycles. The summed E-state index contributed by atoms with van der Waals surface area (Å²) >= 11 is 0. The Hall–Kier alpha value is -2.61. The van der Waals surface area contributed by atoms with Gasteiger partial charge >= 0.3 is 0 Å². The van der Waals surface area contributed by atoms with E-state index >= 15 is 0 Å². The number of phenolic OH excluding ortho intramolecular Hbond substituents is 1. The Bertz CT molecular complexity index is 940. The number of rotatable bonds is 1. The molecule has 0 amide bonds. The van der Waals surface area contributed by atoms with Crippen LogP contribution in [0.3, 0.4) is 0 Å². The number of aromatic hydroxyl groups is 1. The summed E-state index contributed by atoms with van der Waals surface area (Å²) in [7, 11) is 0. The first-order chi connectivity index (χ1) is 11.1. The summed E-state index contributed by atoms with van der Waals surface area (Å²) in [5, 5.41) is 12.8. The Morgan fingerprint density at radius 3 is 2.61 bits per heavy atom. The van der Waals surface area contributed by atoms with Gasteiger partial charge in [0.05, 0.1) is 6.04 Å². The minimum atomic E-state index is 0.253. The van der Waals surface area contributed by atoms with E-state index in [0.29, 0.717) is 5.75 Å². The largest absolute Gasteiger partial charge is 0.507 e. The van der Waals surface area contributed by atoms with E-state index in [-0.39, 0.29) is 6.04 Å². The molecular weight excluding hydrogens is 282 g/mol. The lowest BCUT2D eigenvalue weighted by atomic mass is 9.86. The Labute approximate surface area is 136 Å². The molecule has 0 aromatic heterocycles. The lowest BCUT2D eigenvalue weighted by Crippen LogP contribution is -2.17. The minimum Gasteiger partial charge on any atom is -0.507 e. The van der Waals surface area contributed by atoms with Crippen LogP contribution in [0.15, 0.2) is 59.6 Å². The summed E-state index contributed by atoms with van der Waals surface area (Å²) in [5.74, 6) is 0.331. The molecule has 0 saturated heterocycles. The topological polar surface area (TPSA) is 32.6 Å². The highest BCUT2D eigenvalue weighted by Crippen LogP contribution is 2.36. The monoisotopic (exact) mass is 301 g/mol. The van der Waals surface area contributed by atoms with Crippen molar-refractivity contribution in [2.75, 3.05) is 0 Å². The number of fused-ring (bicyclic) bond motifs is 2. The smallest absolute Gasteiger partial charge is 0.124 e. The third kappa shape index (κ3) is 2.31. The number of hydrogen-bond donors (Lipinski definition) is 1. The summed E-state index contributed by atoms with van der Waals surface area (Å²) < 4.78 is 0. The molecule has 2 heteroatoms. The van der Waals surface area contributed by atoms with E-state index < -0.39 is 0 Å². The predicted octanol–water partition coefficient (Wildman–Crippen LogP) is 4.97. The van der Waals surface area contributed by atoms with Gasteiger partial charge in [-0.3, -0.25) is 4.99 Å². The summed E-state index contributed by atoms with van der Waals surface area (Å²) in [6.45, 7) is 4.11. The molecule has 3 aromatic rings. The van der Waals surface area contributed by atoms with E-state index in [1.807, 2.05) is 13.0 Å².